The summed E-state index contributed by atoms with van der Waals surface area (Å²) in [6.45, 7) is 0.623. The molecule has 1 heterocycles. The van der Waals surface area contributed by atoms with Crippen molar-refractivity contribution >= 4 is 29.3 Å². The van der Waals surface area contributed by atoms with Crippen molar-refractivity contribution in [2.45, 2.75) is 19.0 Å². The first kappa shape index (κ1) is 24.8. The minimum atomic E-state index is -4.51. The van der Waals surface area contributed by atoms with Gasteiger partial charge in [-0.2, -0.15) is 13.2 Å². The van der Waals surface area contributed by atoms with Crippen LogP contribution in [0.15, 0.2) is 66.7 Å². The van der Waals surface area contributed by atoms with Crippen molar-refractivity contribution in [3.63, 3.8) is 0 Å². The molecule has 0 saturated heterocycles. The maximum atomic E-state index is 12.9. The van der Waals surface area contributed by atoms with Crippen molar-refractivity contribution in [3.8, 4) is 11.1 Å². The summed E-state index contributed by atoms with van der Waals surface area (Å²) in [5.41, 5.74) is 2.77. The highest BCUT2D eigenvalue weighted by molar-refractivity contribution is 6.00. The smallest absolute Gasteiger partial charge is 0.416 e. The van der Waals surface area contributed by atoms with E-state index in [-0.39, 0.29) is 24.6 Å². The van der Waals surface area contributed by atoms with Gasteiger partial charge in [0.05, 0.1) is 12.0 Å². The number of alkyl halides is 3. The van der Waals surface area contributed by atoms with Crippen LogP contribution >= 0.6 is 0 Å². The van der Waals surface area contributed by atoms with Crippen molar-refractivity contribution < 1.29 is 32.7 Å². The molecule has 0 aromatic heterocycles. The summed E-state index contributed by atoms with van der Waals surface area (Å²) in [5.74, 6) is -1.13. The zero-order valence-corrected chi connectivity index (χ0v) is 18.9. The second kappa shape index (κ2) is 10.1. The van der Waals surface area contributed by atoms with E-state index in [0.29, 0.717) is 24.2 Å². The van der Waals surface area contributed by atoms with Crippen molar-refractivity contribution in [2.24, 2.45) is 0 Å². The fourth-order valence-electron chi connectivity index (χ4n) is 3.97. The summed E-state index contributed by atoms with van der Waals surface area (Å²) < 4.78 is 38.6. The molecule has 1 aliphatic rings. The number of aliphatic carboxylic acids is 1. The fourth-order valence-corrected chi connectivity index (χ4v) is 3.97. The van der Waals surface area contributed by atoms with E-state index in [1.165, 1.54) is 12.1 Å². The van der Waals surface area contributed by atoms with E-state index in [1.54, 1.807) is 41.3 Å². The van der Waals surface area contributed by atoms with Crippen LogP contribution in [0.3, 0.4) is 0 Å². The Hall–Kier alpha value is -4.34. The zero-order chi connectivity index (χ0) is 25.9. The van der Waals surface area contributed by atoms with Gasteiger partial charge in [0.25, 0.3) is 5.91 Å². The lowest BCUT2D eigenvalue weighted by molar-refractivity contribution is -0.138. The van der Waals surface area contributed by atoms with Crippen LogP contribution in [0, 0.1) is 0 Å². The van der Waals surface area contributed by atoms with Gasteiger partial charge in [-0.3, -0.25) is 9.59 Å². The lowest BCUT2D eigenvalue weighted by Gasteiger charge is -2.28. The average Bonchev–Trinajstić information content (AvgIpc) is 2.83. The Morgan fingerprint density at radius 1 is 0.917 bits per heavy atom. The molecular formula is C26H22F3N3O4. The van der Waals surface area contributed by atoms with Gasteiger partial charge in [0.1, 0.15) is 0 Å². The number of nitrogens with one attached hydrogen (secondary N) is 2. The maximum absolute atomic E-state index is 12.9. The molecule has 186 valence electrons. The number of anilines is 2. The highest BCUT2D eigenvalue weighted by Crippen LogP contribution is 2.31. The standard InChI is InChI=1S/C26H22F3N3O4/c27-26(28,29)19-2-1-3-21(15-19)31-25(36)30-20-7-4-16(5-8-20)17-6-9-22-18(14-17)10-12-32(24(22)35)13-11-23(33)34/h1-9,14-15H,10-13H2,(H,33,34)(H2,30,31,36). The second-order valence-electron chi connectivity index (χ2n) is 8.29. The third-order valence-corrected chi connectivity index (χ3v) is 5.79. The predicted molar refractivity (Wildman–Crippen MR) is 128 cm³/mol. The molecule has 10 heteroatoms. The third kappa shape index (κ3) is 5.83. The number of hydrogen-bond donors (Lipinski definition) is 3. The van der Waals surface area contributed by atoms with Gasteiger partial charge in [-0.1, -0.05) is 30.3 Å². The largest absolute Gasteiger partial charge is 0.481 e. The molecule has 0 fully saturated rings. The van der Waals surface area contributed by atoms with E-state index in [1.807, 2.05) is 6.07 Å². The highest BCUT2D eigenvalue weighted by atomic mass is 19.4. The first-order valence-electron chi connectivity index (χ1n) is 11.1. The van der Waals surface area contributed by atoms with Crippen molar-refractivity contribution in [3.05, 3.63) is 83.4 Å². The van der Waals surface area contributed by atoms with Crippen LogP contribution in [-0.4, -0.2) is 41.0 Å². The van der Waals surface area contributed by atoms with E-state index in [9.17, 15) is 27.6 Å². The molecule has 0 atom stereocenters. The number of carboxylic acids is 1. The third-order valence-electron chi connectivity index (χ3n) is 5.79. The highest BCUT2D eigenvalue weighted by Gasteiger charge is 2.30. The summed E-state index contributed by atoms with van der Waals surface area (Å²) in [5, 5.41) is 13.8. The summed E-state index contributed by atoms with van der Waals surface area (Å²) in [7, 11) is 0. The molecule has 4 rings (SSSR count). The van der Waals surface area contributed by atoms with Crippen LogP contribution in [-0.2, 0) is 17.4 Å². The minimum Gasteiger partial charge on any atom is -0.481 e. The molecule has 1 aliphatic heterocycles. The first-order chi connectivity index (χ1) is 17.1. The molecule has 0 saturated carbocycles. The second-order valence-corrected chi connectivity index (χ2v) is 8.29. The Morgan fingerprint density at radius 2 is 1.61 bits per heavy atom. The lowest BCUT2D eigenvalue weighted by Crippen LogP contribution is -2.38. The monoisotopic (exact) mass is 497 g/mol. The Bertz CT molecular complexity index is 1310. The van der Waals surface area contributed by atoms with E-state index in [4.69, 9.17) is 5.11 Å². The van der Waals surface area contributed by atoms with Gasteiger partial charge >= 0.3 is 18.2 Å². The van der Waals surface area contributed by atoms with Gasteiger partial charge in [-0.05, 0) is 59.5 Å². The summed E-state index contributed by atoms with van der Waals surface area (Å²) in [6.07, 6.45) is -3.99. The van der Waals surface area contributed by atoms with Gasteiger partial charge in [0, 0.05) is 30.0 Å². The Balaban J connectivity index is 1.40. The number of urea groups is 1. The maximum Gasteiger partial charge on any atom is 0.416 e. The number of carbonyl (C=O) groups is 3. The average molecular weight is 497 g/mol. The van der Waals surface area contributed by atoms with Gasteiger partial charge in [0.2, 0.25) is 0 Å². The van der Waals surface area contributed by atoms with Gasteiger partial charge in [0.15, 0.2) is 0 Å². The molecule has 3 N–H and O–H groups in total. The first-order valence-corrected chi connectivity index (χ1v) is 11.1. The molecule has 3 amide bonds. The number of amides is 3. The SMILES string of the molecule is O=C(O)CCN1CCc2cc(-c3ccc(NC(=O)Nc4cccc(C(F)(F)F)c4)cc3)ccc2C1=O. The molecule has 3 aromatic rings. The van der Waals surface area contributed by atoms with Gasteiger partial charge in [-0.25, -0.2) is 4.79 Å². The van der Waals surface area contributed by atoms with E-state index in [0.717, 1.165) is 28.8 Å². The van der Waals surface area contributed by atoms with Crippen LogP contribution in [0.2, 0.25) is 0 Å². The van der Waals surface area contributed by atoms with Crippen LogP contribution in [0.4, 0.5) is 29.3 Å². The van der Waals surface area contributed by atoms with Crippen LogP contribution in [0.1, 0.15) is 27.9 Å². The molecule has 0 unspecified atom stereocenters. The number of hydrogen-bond acceptors (Lipinski definition) is 3. The number of benzene rings is 3. The van der Waals surface area contributed by atoms with Crippen molar-refractivity contribution in [2.75, 3.05) is 23.7 Å². The molecule has 0 radical (unpaired) electrons. The van der Waals surface area contributed by atoms with Gasteiger partial charge in [-0.15, -0.1) is 0 Å². The summed E-state index contributed by atoms with van der Waals surface area (Å²) in [4.78, 5) is 37.2. The number of carbonyl (C=O) groups excluding carboxylic acids is 2. The Labute approximate surface area is 204 Å². The number of rotatable bonds is 6. The predicted octanol–water partition coefficient (Wildman–Crippen LogP) is 5.49. The summed E-state index contributed by atoms with van der Waals surface area (Å²) in [6, 6.07) is 16.0. The Kier molecular flexibility index (Phi) is 6.96. The van der Waals surface area contributed by atoms with Crippen LogP contribution < -0.4 is 10.6 Å². The van der Waals surface area contributed by atoms with E-state index < -0.39 is 23.7 Å². The lowest BCUT2D eigenvalue weighted by atomic mass is 9.94. The molecule has 0 spiro atoms. The van der Waals surface area contributed by atoms with Gasteiger partial charge < -0.3 is 20.6 Å². The van der Waals surface area contributed by atoms with Crippen LogP contribution in [0.25, 0.3) is 11.1 Å². The van der Waals surface area contributed by atoms with Crippen molar-refractivity contribution in [1.82, 2.24) is 4.90 Å². The van der Waals surface area contributed by atoms with Crippen molar-refractivity contribution in [1.29, 1.82) is 0 Å². The quantitative estimate of drug-likeness (QED) is 0.420. The van der Waals surface area contributed by atoms with Crippen LogP contribution in [0.5, 0.6) is 0 Å². The number of halogens is 3. The number of nitrogens with zero attached hydrogens (tertiary/aromatic N) is 1. The molecule has 0 aliphatic carbocycles. The molecule has 7 nitrogen and oxygen atoms in total. The van der Waals surface area contributed by atoms with E-state index in [2.05, 4.69) is 10.6 Å². The molecule has 36 heavy (non-hydrogen) atoms. The molecule has 3 aromatic carbocycles. The summed E-state index contributed by atoms with van der Waals surface area (Å²) >= 11 is 0. The Morgan fingerprint density at radius 3 is 2.31 bits per heavy atom. The topological polar surface area (TPSA) is 98.7 Å². The molecule has 0 bridgehead atoms. The fraction of sp³-hybridized carbons (Fsp3) is 0.192. The zero-order valence-electron chi connectivity index (χ0n) is 18.9. The molecular weight excluding hydrogens is 475 g/mol. The number of carboxylic acid groups (broad SMARTS) is 1. The normalized spacial score (nSPS) is 13.2. The number of fused-ring (bicyclic) bond motifs is 1. The minimum absolute atomic E-state index is 0.0177. The van der Waals surface area contributed by atoms with E-state index >= 15 is 0 Å².